The van der Waals surface area contributed by atoms with Crippen LogP contribution in [0.2, 0.25) is 0 Å². The molecule has 0 saturated heterocycles. The van der Waals surface area contributed by atoms with Crippen LogP contribution >= 0.6 is 23.1 Å². The van der Waals surface area contributed by atoms with E-state index in [-0.39, 0.29) is 11.0 Å². The quantitative estimate of drug-likeness (QED) is 0.457. The molecule has 0 radical (unpaired) electrons. The smallest absolute Gasteiger partial charge is 0.260 e. The van der Waals surface area contributed by atoms with Crippen LogP contribution in [0.3, 0.4) is 0 Å². The van der Waals surface area contributed by atoms with Gasteiger partial charge in [-0.2, -0.15) is 0 Å². The fourth-order valence-electron chi connectivity index (χ4n) is 2.93. The second kappa shape index (κ2) is 7.53. The molecule has 2 aromatic heterocycles. The third-order valence-electron chi connectivity index (χ3n) is 4.29. The lowest BCUT2D eigenvalue weighted by Gasteiger charge is -2.19. The summed E-state index contributed by atoms with van der Waals surface area (Å²) in [5.74, 6) is 0.293. The Morgan fingerprint density at radius 1 is 1.23 bits per heavy atom. The number of hydrogen-bond acceptors (Lipinski definition) is 4. The highest BCUT2D eigenvalue weighted by atomic mass is 32.2. The van der Waals surface area contributed by atoms with Gasteiger partial charge in [-0.1, -0.05) is 63.7 Å². The van der Waals surface area contributed by atoms with Crippen molar-refractivity contribution in [3.05, 3.63) is 45.1 Å². The fraction of sp³-hybridized carbons (Fsp3) is 0.400. The maximum Gasteiger partial charge on any atom is 0.260 e. The molecule has 138 valence electrons. The topological polar surface area (TPSA) is 45.8 Å². The molecule has 0 saturated carbocycles. The highest BCUT2D eigenvalue weighted by molar-refractivity contribution is 7.99. The molecule has 3 aromatic rings. The number of nitrogens with zero attached hydrogens (tertiary/aromatic N) is 1. The lowest BCUT2D eigenvalue weighted by molar-refractivity contribution is 0.532. The van der Waals surface area contributed by atoms with Crippen LogP contribution in [-0.2, 0) is 11.8 Å². The van der Waals surface area contributed by atoms with Crippen LogP contribution in [0, 0.1) is 0 Å². The molecule has 0 fully saturated rings. The lowest BCUT2D eigenvalue weighted by Crippen LogP contribution is -2.11. The lowest BCUT2D eigenvalue weighted by atomic mass is 9.86. The SMILES string of the molecule is CCc1sc2nc(SCCF)[nH]c(=O)c2c1-c1ccc(C(C)(C)C)cc1. The molecule has 6 heteroatoms. The van der Waals surface area contributed by atoms with Crippen molar-refractivity contribution < 1.29 is 4.39 Å². The minimum atomic E-state index is -0.442. The largest absolute Gasteiger partial charge is 0.301 e. The molecular formula is C20H23FN2OS2. The van der Waals surface area contributed by atoms with Crippen LogP contribution in [0.25, 0.3) is 21.3 Å². The Labute approximate surface area is 161 Å². The molecule has 3 rings (SSSR count). The van der Waals surface area contributed by atoms with Crippen LogP contribution in [0.5, 0.6) is 0 Å². The van der Waals surface area contributed by atoms with Gasteiger partial charge in [0.15, 0.2) is 5.16 Å². The summed E-state index contributed by atoms with van der Waals surface area (Å²) in [6.45, 7) is 8.20. The van der Waals surface area contributed by atoms with Gasteiger partial charge in [0.2, 0.25) is 0 Å². The monoisotopic (exact) mass is 390 g/mol. The fourth-order valence-corrected chi connectivity index (χ4v) is 4.71. The second-order valence-electron chi connectivity index (χ2n) is 7.17. The van der Waals surface area contributed by atoms with Crippen LogP contribution < -0.4 is 5.56 Å². The number of hydrogen-bond donors (Lipinski definition) is 1. The minimum Gasteiger partial charge on any atom is -0.301 e. The first-order valence-electron chi connectivity index (χ1n) is 8.70. The zero-order chi connectivity index (χ0) is 18.9. The molecule has 26 heavy (non-hydrogen) atoms. The van der Waals surface area contributed by atoms with E-state index >= 15 is 0 Å². The zero-order valence-electron chi connectivity index (χ0n) is 15.5. The molecule has 2 heterocycles. The van der Waals surface area contributed by atoms with E-state index in [4.69, 9.17) is 0 Å². The van der Waals surface area contributed by atoms with Crippen LogP contribution in [-0.4, -0.2) is 22.4 Å². The van der Waals surface area contributed by atoms with Gasteiger partial charge in [0.25, 0.3) is 5.56 Å². The van der Waals surface area contributed by atoms with Gasteiger partial charge in [-0.25, -0.2) is 4.98 Å². The average Bonchev–Trinajstić information content (AvgIpc) is 2.98. The predicted molar refractivity (Wildman–Crippen MR) is 110 cm³/mol. The van der Waals surface area contributed by atoms with Gasteiger partial charge in [-0.05, 0) is 23.0 Å². The number of aryl methyl sites for hydroxylation is 1. The van der Waals surface area contributed by atoms with E-state index in [1.54, 1.807) is 11.3 Å². The Kier molecular flexibility index (Phi) is 5.53. The maximum absolute atomic E-state index is 12.7. The van der Waals surface area contributed by atoms with Crippen molar-refractivity contribution in [1.29, 1.82) is 0 Å². The van der Waals surface area contributed by atoms with E-state index in [1.165, 1.54) is 17.3 Å². The number of rotatable bonds is 5. The molecule has 1 aromatic carbocycles. The van der Waals surface area contributed by atoms with Crippen molar-refractivity contribution in [2.24, 2.45) is 0 Å². The van der Waals surface area contributed by atoms with E-state index in [1.807, 2.05) is 0 Å². The number of nitrogens with one attached hydrogen (secondary N) is 1. The Morgan fingerprint density at radius 2 is 1.92 bits per heavy atom. The van der Waals surface area contributed by atoms with Gasteiger partial charge < -0.3 is 4.98 Å². The van der Waals surface area contributed by atoms with Gasteiger partial charge in [-0.15, -0.1) is 11.3 Å². The predicted octanol–water partition coefficient (Wildman–Crippen LogP) is 5.57. The molecule has 0 amide bonds. The third kappa shape index (κ3) is 3.71. The van der Waals surface area contributed by atoms with E-state index in [9.17, 15) is 9.18 Å². The average molecular weight is 391 g/mol. The molecule has 3 nitrogen and oxygen atoms in total. The molecule has 0 unspecified atom stereocenters. The van der Waals surface area contributed by atoms with Crippen molar-refractivity contribution in [1.82, 2.24) is 9.97 Å². The standard InChI is InChI=1S/C20H23FN2OS2/c1-5-14-15(12-6-8-13(9-7-12)20(2,3)4)16-17(24)22-19(25-11-10-21)23-18(16)26-14/h6-9H,5,10-11H2,1-4H3,(H,22,23,24). The van der Waals surface area contributed by atoms with Crippen molar-refractivity contribution in [2.75, 3.05) is 12.4 Å². The van der Waals surface area contributed by atoms with Gasteiger partial charge in [0.05, 0.1) is 12.1 Å². The number of halogens is 1. The summed E-state index contributed by atoms with van der Waals surface area (Å²) in [7, 11) is 0. The summed E-state index contributed by atoms with van der Waals surface area (Å²) < 4.78 is 12.4. The number of benzene rings is 1. The molecule has 1 N–H and O–H groups in total. The highest BCUT2D eigenvalue weighted by Gasteiger charge is 2.19. The molecular weight excluding hydrogens is 367 g/mol. The summed E-state index contributed by atoms with van der Waals surface area (Å²) in [4.78, 5) is 21.9. The maximum atomic E-state index is 12.7. The second-order valence-corrected chi connectivity index (χ2v) is 9.34. The molecule has 0 spiro atoms. The molecule has 0 aliphatic heterocycles. The van der Waals surface area contributed by atoms with E-state index in [2.05, 4.69) is 61.9 Å². The summed E-state index contributed by atoms with van der Waals surface area (Å²) in [6, 6.07) is 8.44. The summed E-state index contributed by atoms with van der Waals surface area (Å²) in [5.41, 5.74) is 3.21. The van der Waals surface area contributed by atoms with Crippen molar-refractivity contribution in [2.45, 2.75) is 44.7 Å². The highest BCUT2D eigenvalue weighted by Crippen LogP contribution is 2.37. The summed E-state index contributed by atoms with van der Waals surface area (Å²) in [5, 5.41) is 1.12. The van der Waals surface area contributed by atoms with Gasteiger partial charge in [-0.3, -0.25) is 9.18 Å². The number of aromatic nitrogens is 2. The Hall–Kier alpha value is -1.66. The van der Waals surface area contributed by atoms with E-state index in [0.29, 0.717) is 16.3 Å². The number of H-pyrrole nitrogens is 1. The minimum absolute atomic E-state index is 0.0877. The molecule has 0 bridgehead atoms. The van der Waals surface area contributed by atoms with E-state index in [0.717, 1.165) is 27.3 Å². The molecule has 0 atom stereocenters. The number of thiophene rings is 1. The van der Waals surface area contributed by atoms with Crippen molar-refractivity contribution in [3.8, 4) is 11.1 Å². The van der Waals surface area contributed by atoms with Gasteiger partial charge in [0.1, 0.15) is 4.83 Å². The number of aromatic amines is 1. The van der Waals surface area contributed by atoms with Crippen LogP contribution in [0.4, 0.5) is 4.39 Å². The Balaban J connectivity index is 2.14. The Morgan fingerprint density at radius 3 is 2.50 bits per heavy atom. The van der Waals surface area contributed by atoms with Gasteiger partial charge in [0, 0.05) is 16.2 Å². The third-order valence-corrected chi connectivity index (χ3v) is 6.34. The number of alkyl halides is 1. The van der Waals surface area contributed by atoms with Crippen LogP contribution in [0.15, 0.2) is 34.2 Å². The summed E-state index contributed by atoms with van der Waals surface area (Å²) in [6.07, 6.45) is 0.837. The first kappa shape index (κ1) is 19.1. The van der Waals surface area contributed by atoms with E-state index < -0.39 is 6.67 Å². The normalized spacial score (nSPS) is 12.0. The molecule has 0 aliphatic carbocycles. The number of fused-ring (bicyclic) bond motifs is 1. The number of thioether (sulfide) groups is 1. The van der Waals surface area contributed by atoms with Crippen molar-refractivity contribution in [3.63, 3.8) is 0 Å². The van der Waals surface area contributed by atoms with Gasteiger partial charge >= 0.3 is 0 Å². The first-order valence-corrected chi connectivity index (χ1v) is 10.5. The molecule has 0 aliphatic rings. The summed E-state index contributed by atoms with van der Waals surface area (Å²) >= 11 is 2.79. The first-order chi connectivity index (χ1) is 12.3. The Bertz CT molecular complexity index is 968. The van der Waals surface area contributed by atoms with Crippen molar-refractivity contribution >= 4 is 33.3 Å². The zero-order valence-corrected chi connectivity index (χ0v) is 17.1. The van der Waals surface area contributed by atoms with Crippen LogP contribution in [0.1, 0.15) is 38.1 Å².